The van der Waals surface area contributed by atoms with Gasteiger partial charge in [-0.15, -0.1) is 0 Å². The molecule has 2 heterocycles. The molecule has 2 fully saturated rings. The summed E-state index contributed by atoms with van der Waals surface area (Å²) in [6.45, 7) is 1.97. The fraction of sp³-hybridized carbons (Fsp3) is 0.615. The highest BCUT2D eigenvalue weighted by atomic mass is 32.1. The van der Waals surface area contributed by atoms with Crippen LogP contribution in [0, 0.1) is 0 Å². The molecule has 0 spiro atoms. The van der Waals surface area contributed by atoms with Crippen molar-refractivity contribution >= 4 is 17.2 Å². The van der Waals surface area contributed by atoms with Crippen LogP contribution in [-0.4, -0.2) is 22.9 Å². The number of carbonyl (C=O) groups is 1. The van der Waals surface area contributed by atoms with Gasteiger partial charge in [0.1, 0.15) is 6.17 Å². The molecule has 0 bridgehead atoms. The third-order valence-electron chi connectivity index (χ3n) is 3.89. The molecule has 17 heavy (non-hydrogen) atoms. The van der Waals surface area contributed by atoms with Gasteiger partial charge in [0.05, 0.1) is 6.04 Å². The van der Waals surface area contributed by atoms with Gasteiger partial charge in [-0.3, -0.25) is 10.1 Å². The van der Waals surface area contributed by atoms with Crippen molar-refractivity contribution in [1.82, 2.24) is 10.2 Å². The van der Waals surface area contributed by atoms with Crippen molar-refractivity contribution in [2.75, 3.05) is 0 Å². The monoisotopic (exact) mass is 250 g/mol. The van der Waals surface area contributed by atoms with Gasteiger partial charge >= 0.3 is 0 Å². The number of carbonyl (C=O) groups excluding carboxylic acids is 1. The van der Waals surface area contributed by atoms with E-state index in [1.807, 2.05) is 6.92 Å². The third-order valence-corrected chi connectivity index (χ3v) is 4.59. The summed E-state index contributed by atoms with van der Waals surface area (Å²) < 4.78 is 0. The molecule has 4 heteroatoms. The van der Waals surface area contributed by atoms with Gasteiger partial charge in [-0.25, -0.2) is 0 Å². The number of hydrogen-bond donors (Lipinski definition) is 1. The predicted molar refractivity (Wildman–Crippen MR) is 68.8 cm³/mol. The summed E-state index contributed by atoms with van der Waals surface area (Å²) in [7, 11) is 0. The van der Waals surface area contributed by atoms with Crippen LogP contribution >= 0.6 is 11.3 Å². The minimum absolute atomic E-state index is 0.0412. The molecule has 1 N–H and O–H groups in total. The van der Waals surface area contributed by atoms with Crippen LogP contribution in [0.3, 0.4) is 0 Å². The molecule has 1 aliphatic carbocycles. The van der Waals surface area contributed by atoms with Crippen molar-refractivity contribution in [2.24, 2.45) is 0 Å². The SMILES string of the molecule is CC1NC(c2ccsc2)N(C2CCCC2)C1=O. The standard InChI is InChI=1S/C13H18N2OS/c1-9-13(16)15(11-4-2-3-5-11)12(14-9)10-6-7-17-8-10/h6-9,11-12,14H,2-5H2,1H3. The Morgan fingerprint density at radius 3 is 2.82 bits per heavy atom. The summed E-state index contributed by atoms with van der Waals surface area (Å²) in [5.41, 5.74) is 1.24. The Morgan fingerprint density at radius 1 is 1.41 bits per heavy atom. The smallest absolute Gasteiger partial charge is 0.241 e. The summed E-state index contributed by atoms with van der Waals surface area (Å²) in [6, 6.07) is 2.53. The molecule has 3 rings (SSSR count). The highest BCUT2D eigenvalue weighted by Gasteiger charge is 2.41. The molecule has 0 radical (unpaired) electrons. The van der Waals surface area contributed by atoms with Gasteiger partial charge in [-0.2, -0.15) is 11.3 Å². The zero-order valence-corrected chi connectivity index (χ0v) is 10.9. The first-order valence-corrected chi connectivity index (χ1v) is 7.32. The predicted octanol–water partition coefficient (Wildman–Crippen LogP) is 2.51. The van der Waals surface area contributed by atoms with Gasteiger partial charge < -0.3 is 4.90 Å². The molecule has 1 saturated carbocycles. The second-order valence-corrected chi connectivity index (χ2v) is 5.81. The average Bonchev–Trinajstić information content (AvgIpc) is 3.01. The molecule has 3 nitrogen and oxygen atoms in total. The number of nitrogens with one attached hydrogen (secondary N) is 1. The van der Waals surface area contributed by atoms with Crippen molar-refractivity contribution in [3.63, 3.8) is 0 Å². The molecule has 1 aromatic rings. The Labute approximate surface area is 106 Å². The van der Waals surface area contributed by atoms with Crippen LogP contribution in [0.4, 0.5) is 0 Å². The van der Waals surface area contributed by atoms with E-state index in [2.05, 4.69) is 27.0 Å². The molecule has 1 saturated heterocycles. The van der Waals surface area contributed by atoms with E-state index in [1.165, 1.54) is 31.2 Å². The van der Waals surface area contributed by atoms with Crippen molar-refractivity contribution in [2.45, 2.75) is 50.9 Å². The van der Waals surface area contributed by atoms with E-state index in [0.29, 0.717) is 6.04 Å². The van der Waals surface area contributed by atoms with Crippen LogP contribution in [0.5, 0.6) is 0 Å². The van der Waals surface area contributed by atoms with Crippen LogP contribution in [0.2, 0.25) is 0 Å². The maximum Gasteiger partial charge on any atom is 0.241 e. The van der Waals surface area contributed by atoms with E-state index in [0.717, 1.165) is 0 Å². The Hall–Kier alpha value is -0.870. The molecular formula is C13H18N2OS. The molecule has 2 aliphatic rings. The lowest BCUT2D eigenvalue weighted by molar-refractivity contribution is -0.132. The Balaban J connectivity index is 1.88. The molecule has 1 aromatic heterocycles. The quantitative estimate of drug-likeness (QED) is 0.874. The summed E-state index contributed by atoms with van der Waals surface area (Å²) in [5.74, 6) is 0.271. The van der Waals surface area contributed by atoms with Gasteiger partial charge in [-0.1, -0.05) is 12.8 Å². The van der Waals surface area contributed by atoms with Crippen molar-refractivity contribution < 1.29 is 4.79 Å². The molecule has 1 aliphatic heterocycles. The molecule has 0 aromatic carbocycles. The first-order chi connectivity index (χ1) is 8.27. The minimum Gasteiger partial charge on any atom is -0.319 e. The Morgan fingerprint density at radius 2 is 2.18 bits per heavy atom. The van der Waals surface area contributed by atoms with E-state index in [9.17, 15) is 4.79 Å². The fourth-order valence-electron chi connectivity index (χ4n) is 3.00. The molecule has 92 valence electrons. The second-order valence-electron chi connectivity index (χ2n) is 5.03. The van der Waals surface area contributed by atoms with E-state index in [-0.39, 0.29) is 18.1 Å². The zero-order valence-electron chi connectivity index (χ0n) is 10.1. The first kappa shape index (κ1) is 11.2. The normalized spacial score (nSPS) is 30.4. The third kappa shape index (κ3) is 1.89. The highest BCUT2D eigenvalue weighted by Crippen LogP contribution is 2.34. The summed E-state index contributed by atoms with van der Waals surface area (Å²) in [4.78, 5) is 14.4. The van der Waals surface area contributed by atoms with Gasteiger partial charge in [0.2, 0.25) is 5.91 Å². The number of rotatable bonds is 2. The van der Waals surface area contributed by atoms with Crippen LogP contribution in [0.25, 0.3) is 0 Å². The number of nitrogens with zero attached hydrogens (tertiary/aromatic N) is 1. The number of amides is 1. The summed E-state index contributed by atoms with van der Waals surface area (Å²) in [5, 5.41) is 7.64. The minimum atomic E-state index is -0.0412. The lowest BCUT2D eigenvalue weighted by Crippen LogP contribution is -2.38. The Bertz CT molecular complexity index is 398. The van der Waals surface area contributed by atoms with Crippen molar-refractivity contribution in [3.05, 3.63) is 22.4 Å². The topological polar surface area (TPSA) is 32.3 Å². The molecular weight excluding hydrogens is 232 g/mol. The highest BCUT2D eigenvalue weighted by molar-refractivity contribution is 7.07. The number of hydrogen-bond acceptors (Lipinski definition) is 3. The molecule has 2 atom stereocenters. The average molecular weight is 250 g/mol. The lowest BCUT2D eigenvalue weighted by atomic mass is 10.1. The van der Waals surface area contributed by atoms with E-state index in [4.69, 9.17) is 0 Å². The second kappa shape index (κ2) is 4.42. The van der Waals surface area contributed by atoms with Gasteiger partial charge in [0, 0.05) is 6.04 Å². The summed E-state index contributed by atoms with van der Waals surface area (Å²) in [6.07, 6.45) is 4.96. The van der Waals surface area contributed by atoms with Crippen LogP contribution in [0.1, 0.15) is 44.3 Å². The van der Waals surface area contributed by atoms with E-state index < -0.39 is 0 Å². The largest absolute Gasteiger partial charge is 0.319 e. The van der Waals surface area contributed by atoms with Gasteiger partial charge in [-0.05, 0) is 42.2 Å². The van der Waals surface area contributed by atoms with E-state index >= 15 is 0 Å². The van der Waals surface area contributed by atoms with E-state index in [1.54, 1.807) is 11.3 Å². The van der Waals surface area contributed by atoms with Crippen LogP contribution < -0.4 is 5.32 Å². The maximum atomic E-state index is 12.3. The van der Waals surface area contributed by atoms with Crippen molar-refractivity contribution in [3.8, 4) is 0 Å². The summed E-state index contributed by atoms with van der Waals surface area (Å²) >= 11 is 1.70. The maximum absolute atomic E-state index is 12.3. The molecule has 1 amide bonds. The van der Waals surface area contributed by atoms with Gasteiger partial charge in [0.15, 0.2) is 0 Å². The van der Waals surface area contributed by atoms with Crippen LogP contribution in [0.15, 0.2) is 16.8 Å². The number of thiophene rings is 1. The van der Waals surface area contributed by atoms with Crippen molar-refractivity contribution in [1.29, 1.82) is 0 Å². The zero-order chi connectivity index (χ0) is 11.8. The molecule has 2 unspecified atom stereocenters. The first-order valence-electron chi connectivity index (χ1n) is 6.37. The van der Waals surface area contributed by atoms with Gasteiger partial charge in [0.25, 0.3) is 0 Å². The Kier molecular flexibility index (Phi) is 2.92. The fourth-order valence-corrected chi connectivity index (χ4v) is 3.68. The van der Waals surface area contributed by atoms with Crippen LogP contribution in [-0.2, 0) is 4.79 Å². The lowest BCUT2D eigenvalue weighted by Gasteiger charge is -2.29.